The molecule has 0 radical (unpaired) electrons. The van der Waals surface area contributed by atoms with Crippen molar-refractivity contribution < 1.29 is 4.79 Å². The number of benzene rings is 1. The number of aromatic amines is 1. The van der Waals surface area contributed by atoms with Crippen LogP contribution in [-0.4, -0.2) is 46.2 Å². The zero-order valence-corrected chi connectivity index (χ0v) is 15.6. The van der Waals surface area contributed by atoms with Gasteiger partial charge in [-0.15, -0.1) is 0 Å². The third kappa shape index (κ3) is 4.64. The highest BCUT2D eigenvalue weighted by atomic mass is 32.2. The molecule has 1 fully saturated rings. The van der Waals surface area contributed by atoms with Gasteiger partial charge in [0.2, 0.25) is 0 Å². The van der Waals surface area contributed by atoms with E-state index in [0.29, 0.717) is 10.7 Å². The molecule has 3 rings (SSSR count). The van der Waals surface area contributed by atoms with Gasteiger partial charge in [-0.3, -0.25) is 14.6 Å². The Balaban J connectivity index is 1.63. The van der Waals surface area contributed by atoms with E-state index in [4.69, 9.17) is 5.73 Å². The molecule has 4 N–H and O–H groups in total. The number of nitrogens with two attached hydrogens (primary N) is 1. The molecule has 0 atom stereocenters. The van der Waals surface area contributed by atoms with Crippen molar-refractivity contribution in [2.24, 2.45) is 0 Å². The van der Waals surface area contributed by atoms with E-state index in [1.165, 1.54) is 24.6 Å². The number of carbonyl (C=O) groups is 1. The van der Waals surface area contributed by atoms with E-state index in [1.54, 1.807) is 12.1 Å². The van der Waals surface area contributed by atoms with E-state index in [1.807, 2.05) is 19.1 Å². The average Bonchev–Trinajstić information content (AvgIpc) is 3.12. The van der Waals surface area contributed by atoms with Gasteiger partial charge in [0.1, 0.15) is 5.69 Å². The van der Waals surface area contributed by atoms with Gasteiger partial charge in [0.25, 0.3) is 11.5 Å². The smallest absolute Gasteiger partial charge is 0.277 e. The minimum Gasteiger partial charge on any atom is -0.382 e. The monoisotopic (exact) mass is 373 g/mol. The third-order valence-electron chi connectivity index (χ3n) is 4.32. The van der Waals surface area contributed by atoms with Gasteiger partial charge in [-0.25, -0.2) is 4.98 Å². The van der Waals surface area contributed by atoms with Crippen LogP contribution in [0.3, 0.4) is 0 Å². The number of amides is 1. The Hall–Kier alpha value is -2.32. The maximum absolute atomic E-state index is 12.3. The molecular weight excluding hydrogens is 350 g/mol. The lowest BCUT2D eigenvalue weighted by molar-refractivity contribution is 0.102. The van der Waals surface area contributed by atoms with Crippen molar-refractivity contribution in [3.63, 3.8) is 0 Å². The Bertz CT molecular complexity index is 828. The number of anilines is 2. The fraction of sp³-hybridized carbons (Fsp3) is 0.389. The molecule has 1 saturated heterocycles. The first-order chi connectivity index (χ1) is 12.5. The first kappa shape index (κ1) is 18.5. The predicted octanol–water partition coefficient (Wildman–Crippen LogP) is 2.10. The molecule has 0 bridgehead atoms. The number of hydrogen-bond donors (Lipinski definition) is 3. The summed E-state index contributed by atoms with van der Waals surface area (Å²) in [5.74, 6) is 0.466. The quantitative estimate of drug-likeness (QED) is 0.529. The van der Waals surface area contributed by atoms with Gasteiger partial charge in [0.05, 0.1) is 0 Å². The summed E-state index contributed by atoms with van der Waals surface area (Å²) in [6, 6.07) is 7.07. The standard InChI is InChI=1S/C18H23N5O2S/c1-12-4-6-13(7-5-12)16(24)20-14-15(19)21-18(22-17(14)25)26-11-10-23-8-2-3-9-23/h4-7H,2-3,8-11H2,1H3,(H,20,24)(H3,19,21,22,25). The molecule has 1 aromatic heterocycles. The molecule has 0 saturated carbocycles. The molecule has 2 heterocycles. The molecule has 0 unspecified atom stereocenters. The third-order valence-corrected chi connectivity index (χ3v) is 5.18. The van der Waals surface area contributed by atoms with Crippen molar-refractivity contribution in [1.82, 2.24) is 14.9 Å². The summed E-state index contributed by atoms with van der Waals surface area (Å²) in [6.45, 7) is 5.17. The maximum atomic E-state index is 12.3. The minimum atomic E-state index is -0.443. The Morgan fingerprint density at radius 1 is 1.31 bits per heavy atom. The number of nitrogens with one attached hydrogen (secondary N) is 2. The van der Waals surface area contributed by atoms with Crippen LogP contribution < -0.4 is 16.6 Å². The fourth-order valence-corrected chi connectivity index (χ4v) is 3.70. The van der Waals surface area contributed by atoms with Crippen molar-refractivity contribution in [2.75, 3.05) is 36.4 Å². The summed E-state index contributed by atoms with van der Waals surface area (Å²) in [4.78, 5) is 33.9. The number of likely N-dealkylation sites (tertiary alicyclic amines) is 1. The predicted molar refractivity (Wildman–Crippen MR) is 105 cm³/mol. The maximum Gasteiger partial charge on any atom is 0.277 e. The summed E-state index contributed by atoms with van der Waals surface area (Å²) in [6.07, 6.45) is 2.50. The molecule has 26 heavy (non-hydrogen) atoms. The van der Waals surface area contributed by atoms with Gasteiger partial charge in [0.15, 0.2) is 11.0 Å². The highest BCUT2D eigenvalue weighted by molar-refractivity contribution is 7.99. The summed E-state index contributed by atoms with van der Waals surface area (Å²) in [5, 5.41) is 3.03. The molecule has 7 nitrogen and oxygen atoms in total. The summed E-state index contributed by atoms with van der Waals surface area (Å²) in [7, 11) is 0. The highest BCUT2D eigenvalue weighted by Gasteiger charge is 2.15. The average molecular weight is 373 g/mol. The van der Waals surface area contributed by atoms with E-state index in [-0.39, 0.29) is 11.5 Å². The van der Waals surface area contributed by atoms with E-state index < -0.39 is 11.5 Å². The van der Waals surface area contributed by atoms with Crippen molar-refractivity contribution in [3.05, 3.63) is 45.7 Å². The Labute approximate surface area is 156 Å². The number of H-pyrrole nitrogens is 1. The molecule has 1 aliphatic rings. The molecule has 138 valence electrons. The second-order valence-electron chi connectivity index (χ2n) is 6.35. The largest absolute Gasteiger partial charge is 0.382 e. The van der Waals surface area contributed by atoms with Gasteiger partial charge < -0.3 is 16.0 Å². The number of hydrogen-bond acceptors (Lipinski definition) is 6. The lowest BCUT2D eigenvalue weighted by atomic mass is 10.1. The molecule has 8 heteroatoms. The Kier molecular flexibility index (Phi) is 5.95. The van der Waals surface area contributed by atoms with Gasteiger partial charge in [0, 0.05) is 17.9 Å². The van der Waals surface area contributed by atoms with Crippen LogP contribution in [0.15, 0.2) is 34.2 Å². The fourth-order valence-electron chi connectivity index (χ4n) is 2.83. The van der Waals surface area contributed by atoms with Crippen LogP contribution in [0.25, 0.3) is 0 Å². The van der Waals surface area contributed by atoms with Gasteiger partial charge in [-0.2, -0.15) is 0 Å². The van der Waals surface area contributed by atoms with Crippen LogP contribution in [-0.2, 0) is 0 Å². The van der Waals surface area contributed by atoms with Crippen molar-refractivity contribution in [2.45, 2.75) is 24.9 Å². The van der Waals surface area contributed by atoms with Gasteiger partial charge >= 0.3 is 0 Å². The zero-order chi connectivity index (χ0) is 18.5. The van der Waals surface area contributed by atoms with Crippen molar-refractivity contribution >= 4 is 29.2 Å². The van der Waals surface area contributed by atoms with E-state index in [2.05, 4.69) is 20.2 Å². The van der Waals surface area contributed by atoms with Crippen LogP contribution in [0.1, 0.15) is 28.8 Å². The Morgan fingerprint density at radius 2 is 2.00 bits per heavy atom. The first-order valence-electron chi connectivity index (χ1n) is 8.66. The van der Waals surface area contributed by atoms with Gasteiger partial charge in [-0.1, -0.05) is 29.5 Å². The SMILES string of the molecule is Cc1ccc(C(=O)Nc2c(N)nc(SCCN3CCCC3)[nH]c2=O)cc1. The van der Waals surface area contributed by atoms with Crippen molar-refractivity contribution in [1.29, 1.82) is 0 Å². The molecule has 1 amide bonds. The van der Waals surface area contributed by atoms with Crippen LogP contribution in [0.2, 0.25) is 0 Å². The second kappa shape index (κ2) is 8.37. The highest BCUT2D eigenvalue weighted by Crippen LogP contribution is 2.18. The molecule has 0 spiro atoms. The lowest BCUT2D eigenvalue weighted by Gasteiger charge is -2.13. The normalized spacial score (nSPS) is 14.5. The number of thioether (sulfide) groups is 1. The summed E-state index contributed by atoms with van der Waals surface area (Å²) < 4.78 is 0. The molecule has 2 aromatic rings. The first-order valence-corrected chi connectivity index (χ1v) is 9.64. The van der Waals surface area contributed by atoms with E-state index in [0.717, 1.165) is 31.0 Å². The van der Waals surface area contributed by atoms with Crippen LogP contribution in [0.5, 0.6) is 0 Å². The second-order valence-corrected chi connectivity index (χ2v) is 7.43. The summed E-state index contributed by atoms with van der Waals surface area (Å²) in [5.41, 5.74) is 6.95. The van der Waals surface area contributed by atoms with Crippen molar-refractivity contribution in [3.8, 4) is 0 Å². The van der Waals surface area contributed by atoms with Crippen LogP contribution >= 0.6 is 11.8 Å². The lowest BCUT2D eigenvalue weighted by Crippen LogP contribution is -2.24. The Morgan fingerprint density at radius 3 is 2.65 bits per heavy atom. The molecule has 0 aliphatic carbocycles. The number of rotatable bonds is 6. The molecular formula is C18H23N5O2S. The number of nitrogen functional groups attached to an aromatic ring is 1. The number of aryl methyl sites for hydroxylation is 1. The zero-order valence-electron chi connectivity index (χ0n) is 14.7. The topological polar surface area (TPSA) is 104 Å². The number of aromatic nitrogens is 2. The van der Waals surface area contributed by atoms with Crippen LogP contribution in [0, 0.1) is 6.92 Å². The van der Waals surface area contributed by atoms with E-state index >= 15 is 0 Å². The van der Waals surface area contributed by atoms with Crippen LogP contribution in [0.4, 0.5) is 11.5 Å². The number of carbonyl (C=O) groups excluding carboxylic acids is 1. The molecule has 1 aliphatic heterocycles. The number of nitrogens with zero attached hydrogens (tertiary/aromatic N) is 2. The van der Waals surface area contributed by atoms with Gasteiger partial charge in [-0.05, 0) is 45.0 Å². The van der Waals surface area contributed by atoms with E-state index in [9.17, 15) is 9.59 Å². The minimum absolute atomic E-state index is 0.0144. The summed E-state index contributed by atoms with van der Waals surface area (Å²) >= 11 is 1.46. The molecule has 1 aromatic carbocycles.